The molecule has 46 heavy (non-hydrogen) atoms. The summed E-state index contributed by atoms with van der Waals surface area (Å²) in [5.74, 6) is 0.0916. The Morgan fingerprint density at radius 1 is 1.00 bits per heavy atom. The van der Waals surface area contributed by atoms with Gasteiger partial charge in [0.05, 0.1) is 12.1 Å². The van der Waals surface area contributed by atoms with Crippen molar-refractivity contribution in [2.75, 3.05) is 72.0 Å². The van der Waals surface area contributed by atoms with Gasteiger partial charge in [-0.1, -0.05) is 13.0 Å². The molecular weight excluding hydrogens is 604 g/mol. The molecule has 4 aromatic rings. The van der Waals surface area contributed by atoms with E-state index in [2.05, 4.69) is 35.5 Å². The minimum Gasteiger partial charge on any atom is -0.382 e. The maximum absolute atomic E-state index is 13.9. The number of nitrogens with zero attached hydrogens (tertiary/aromatic N) is 7. The third kappa shape index (κ3) is 6.59. The SMILES string of the molecule is CCN1CCN(c2cc(NC(=O)c3ccc(C)c(Nc4ncnc5c(N)nc(N6CCC(F)C6)nc45)c3)cc(C(F)(F)F)c2)CC1. The van der Waals surface area contributed by atoms with E-state index in [9.17, 15) is 22.4 Å². The molecule has 0 spiro atoms. The number of hydrogen-bond acceptors (Lipinski definition) is 10. The number of amides is 1. The van der Waals surface area contributed by atoms with Crippen LogP contribution in [0.5, 0.6) is 0 Å². The summed E-state index contributed by atoms with van der Waals surface area (Å²) >= 11 is 0. The van der Waals surface area contributed by atoms with Crippen LogP contribution in [-0.4, -0.2) is 82.7 Å². The first-order valence-corrected chi connectivity index (χ1v) is 15.0. The summed E-state index contributed by atoms with van der Waals surface area (Å²) in [5, 5.41) is 5.85. The van der Waals surface area contributed by atoms with Crippen LogP contribution in [0.1, 0.15) is 34.8 Å². The van der Waals surface area contributed by atoms with Gasteiger partial charge in [-0.15, -0.1) is 0 Å². The highest BCUT2D eigenvalue weighted by Gasteiger charge is 2.32. The van der Waals surface area contributed by atoms with Gasteiger partial charge < -0.3 is 31.1 Å². The highest BCUT2D eigenvalue weighted by molar-refractivity contribution is 6.05. The Morgan fingerprint density at radius 2 is 1.78 bits per heavy atom. The molecule has 1 unspecified atom stereocenters. The Balaban J connectivity index is 1.26. The number of nitrogen functional groups attached to an aromatic ring is 1. The van der Waals surface area contributed by atoms with Crippen LogP contribution in [0.4, 0.5) is 52.2 Å². The first kappa shape index (κ1) is 31.2. The van der Waals surface area contributed by atoms with Crippen LogP contribution >= 0.6 is 0 Å². The number of alkyl halides is 4. The van der Waals surface area contributed by atoms with E-state index in [1.165, 1.54) is 6.33 Å². The molecule has 2 aliphatic heterocycles. The number of aryl methyl sites for hydroxylation is 1. The van der Waals surface area contributed by atoms with Crippen molar-refractivity contribution in [2.24, 2.45) is 0 Å². The van der Waals surface area contributed by atoms with E-state index in [1.54, 1.807) is 29.2 Å². The summed E-state index contributed by atoms with van der Waals surface area (Å²) in [6.07, 6.45) is -3.90. The van der Waals surface area contributed by atoms with Crippen LogP contribution < -0.4 is 26.2 Å². The van der Waals surface area contributed by atoms with Gasteiger partial charge in [-0.2, -0.15) is 18.2 Å². The van der Waals surface area contributed by atoms with Gasteiger partial charge in [-0.05, 0) is 55.8 Å². The monoisotopic (exact) mass is 638 g/mol. The van der Waals surface area contributed by atoms with Gasteiger partial charge in [0.1, 0.15) is 23.5 Å². The zero-order valence-electron chi connectivity index (χ0n) is 25.4. The molecule has 2 aliphatic rings. The predicted octanol–water partition coefficient (Wildman–Crippen LogP) is 5.02. The zero-order valence-corrected chi connectivity index (χ0v) is 25.4. The molecule has 15 heteroatoms. The van der Waals surface area contributed by atoms with Crippen LogP contribution in [-0.2, 0) is 6.18 Å². The molecule has 4 N–H and O–H groups in total. The Morgan fingerprint density at radius 3 is 2.48 bits per heavy atom. The van der Waals surface area contributed by atoms with E-state index in [0.717, 1.165) is 37.3 Å². The molecule has 1 amide bonds. The third-order valence-electron chi connectivity index (χ3n) is 8.35. The topological polar surface area (TPSA) is 128 Å². The summed E-state index contributed by atoms with van der Waals surface area (Å²) in [4.78, 5) is 36.7. The number of benzene rings is 2. The maximum atomic E-state index is 13.9. The number of nitrogens with one attached hydrogen (secondary N) is 2. The molecule has 2 aromatic carbocycles. The number of aromatic nitrogens is 4. The van der Waals surface area contributed by atoms with E-state index in [1.807, 2.05) is 18.7 Å². The third-order valence-corrected chi connectivity index (χ3v) is 8.35. The van der Waals surface area contributed by atoms with Gasteiger partial charge in [-0.25, -0.2) is 19.3 Å². The lowest BCUT2D eigenvalue weighted by Gasteiger charge is -2.36. The van der Waals surface area contributed by atoms with Crippen LogP contribution in [0.15, 0.2) is 42.7 Å². The summed E-state index contributed by atoms with van der Waals surface area (Å²) < 4.78 is 55.5. The standard InChI is InChI=1S/C31H34F4N10O/c1-3-43-8-10-44(11-9-43)23-14-20(31(33,34)35)13-22(15-23)39-29(46)19-5-4-18(2)24(12-19)40-28-26-25(37-17-38-28)27(36)42-30(41-26)45-7-6-21(32)16-45/h4-5,12-15,17,21H,3,6-11,16H2,1-2H3,(H,39,46)(H2,36,41,42)(H,37,38,40). The average molecular weight is 639 g/mol. The van der Waals surface area contributed by atoms with Crippen molar-refractivity contribution in [3.8, 4) is 0 Å². The van der Waals surface area contributed by atoms with E-state index in [4.69, 9.17) is 5.73 Å². The smallest absolute Gasteiger partial charge is 0.382 e. The molecular formula is C31H34F4N10O. The largest absolute Gasteiger partial charge is 0.416 e. The first-order chi connectivity index (χ1) is 22.0. The molecule has 0 bridgehead atoms. The second kappa shape index (κ2) is 12.5. The van der Waals surface area contributed by atoms with Crippen molar-refractivity contribution < 1.29 is 22.4 Å². The normalized spacial score (nSPS) is 17.5. The van der Waals surface area contributed by atoms with Gasteiger partial charge in [0.15, 0.2) is 11.6 Å². The van der Waals surface area contributed by atoms with Crippen LogP contribution in [0.2, 0.25) is 0 Å². The molecule has 0 aliphatic carbocycles. The van der Waals surface area contributed by atoms with Crippen molar-refractivity contribution in [3.63, 3.8) is 0 Å². The average Bonchev–Trinajstić information content (AvgIpc) is 3.48. The summed E-state index contributed by atoms with van der Waals surface area (Å²) in [5.41, 5.74) is 7.89. The highest BCUT2D eigenvalue weighted by atomic mass is 19.4. The number of carbonyl (C=O) groups is 1. The molecule has 6 rings (SSSR count). The summed E-state index contributed by atoms with van der Waals surface area (Å²) in [7, 11) is 0. The number of fused-ring (bicyclic) bond motifs is 1. The van der Waals surface area contributed by atoms with E-state index in [0.29, 0.717) is 54.3 Å². The Kier molecular flexibility index (Phi) is 8.51. The zero-order chi connectivity index (χ0) is 32.6. The molecule has 4 heterocycles. The van der Waals surface area contributed by atoms with Crippen molar-refractivity contribution >= 4 is 51.6 Å². The maximum Gasteiger partial charge on any atom is 0.416 e. The van der Waals surface area contributed by atoms with Crippen molar-refractivity contribution in [3.05, 3.63) is 59.4 Å². The van der Waals surface area contributed by atoms with Gasteiger partial charge in [0, 0.05) is 55.3 Å². The molecule has 11 nitrogen and oxygen atoms in total. The Labute approximate surface area is 262 Å². The van der Waals surface area contributed by atoms with Crippen molar-refractivity contribution in [2.45, 2.75) is 32.6 Å². The van der Waals surface area contributed by atoms with E-state index < -0.39 is 23.8 Å². The second-order valence-corrected chi connectivity index (χ2v) is 11.5. The minimum absolute atomic E-state index is 0.0433. The number of halogens is 4. The number of carbonyl (C=O) groups excluding carboxylic acids is 1. The number of nitrogens with two attached hydrogens (primary N) is 1. The second-order valence-electron chi connectivity index (χ2n) is 11.5. The highest BCUT2D eigenvalue weighted by Crippen LogP contribution is 2.35. The van der Waals surface area contributed by atoms with Gasteiger partial charge in [0.2, 0.25) is 5.95 Å². The molecule has 2 aromatic heterocycles. The lowest BCUT2D eigenvalue weighted by Crippen LogP contribution is -2.46. The number of piperazine rings is 1. The van der Waals surface area contributed by atoms with Crippen molar-refractivity contribution in [1.29, 1.82) is 0 Å². The lowest BCUT2D eigenvalue weighted by molar-refractivity contribution is -0.137. The molecule has 2 fully saturated rings. The summed E-state index contributed by atoms with van der Waals surface area (Å²) in [6.45, 7) is 8.00. The Hall–Kier alpha value is -4.79. The van der Waals surface area contributed by atoms with E-state index >= 15 is 0 Å². The number of anilines is 6. The van der Waals surface area contributed by atoms with Crippen LogP contribution in [0, 0.1) is 6.92 Å². The number of hydrogen-bond donors (Lipinski definition) is 3. The fourth-order valence-electron chi connectivity index (χ4n) is 5.67. The number of likely N-dealkylation sites (N-methyl/N-ethyl adjacent to an activating group) is 1. The minimum atomic E-state index is -4.59. The Bertz CT molecular complexity index is 1760. The molecule has 1 atom stereocenters. The molecule has 2 saturated heterocycles. The van der Waals surface area contributed by atoms with Gasteiger partial charge >= 0.3 is 6.18 Å². The predicted molar refractivity (Wildman–Crippen MR) is 169 cm³/mol. The number of rotatable bonds is 7. The van der Waals surface area contributed by atoms with Crippen LogP contribution in [0.25, 0.3) is 11.0 Å². The van der Waals surface area contributed by atoms with Gasteiger partial charge in [-0.3, -0.25) is 4.79 Å². The van der Waals surface area contributed by atoms with E-state index in [-0.39, 0.29) is 29.6 Å². The fourth-order valence-corrected chi connectivity index (χ4v) is 5.67. The van der Waals surface area contributed by atoms with Gasteiger partial charge in [0.25, 0.3) is 5.91 Å². The lowest BCUT2D eigenvalue weighted by atomic mass is 10.1. The quantitative estimate of drug-likeness (QED) is 0.238. The fraction of sp³-hybridized carbons (Fsp3) is 0.387. The van der Waals surface area contributed by atoms with Crippen molar-refractivity contribution in [1.82, 2.24) is 24.8 Å². The molecule has 0 saturated carbocycles. The molecule has 242 valence electrons. The first-order valence-electron chi connectivity index (χ1n) is 15.0. The molecule has 0 radical (unpaired) electrons. The van der Waals surface area contributed by atoms with Crippen LogP contribution in [0.3, 0.4) is 0 Å². The summed E-state index contributed by atoms with van der Waals surface area (Å²) in [6, 6.07) is 8.52.